The number of aryl methyl sites for hydroxylation is 1. The Morgan fingerprint density at radius 2 is 1.94 bits per heavy atom. The van der Waals surface area contributed by atoms with E-state index in [0.29, 0.717) is 5.56 Å². The summed E-state index contributed by atoms with van der Waals surface area (Å²) in [7, 11) is -4.27. The first-order chi connectivity index (χ1) is 8.20. The van der Waals surface area contributed by atoms with Crippen molar-refractivity contribution in [2.45, 2.75) is 17.7 Å². The van der Waals surface area contributed by atoms with Gasteiger partial charge in [-0.1, -0.05) is 40.8 Å². The van der Waals surface area contributed by atoms with Crippen LogP contribution in [0.3, 0.4) is 0 Å². The second-order valence-electron chi connectivity index (χ2n) is 3.54. The van der Waals surface area contributed by atoms with Gasteiger partial charge < -0.3 is 0 Å². The highest BCUT2D eigenvalue weighted by atomic mass is 127. The van der Waals surface area contributed by atoms with Gasteiger partial charge in [0.05, 0.1) is 9.32 Å². The minimum Gasteiger partial charge on any atom is -0.267 e. The monoisotopic (exact) mass is 389 g/mol. The van der Waals surface area contributed by atoms with E-state index in [2.05, 4.69) is 0 Å². The SMILES string of the molecule is Cc1ccccc1S(=O)(=O)NC(=O)C(F)(F)CI. The number of hydrogen-bond acceptors (Lipinski definition) is 3. The zero-order chi connectivity index (χ0) is 14.0. The van der Waals surface area contributed by atoms with Crippen LogP contribution in [0, 0.1) is 6.92 Å². The lowest BCUT2D eigenvalue weighted by atomic mass is 10.2. The molecule has 0 atom stereocenters. The number of carbonyl (C=O) groups excluding carboxylic acids is 1. The maximum absolute atomic E-state index is 13.0. The van der Waals surface area contributed by atoms with Crippen LogP contribution >= 0.6 is 22.6 Å². The summed E-state index contributed by atoms with van der Waals surface area (Å²) in [6, 6.07) is 5.81. The van der Waals surface area contributed by atoms with Crippen LogP contribution in [0.4, 0.5) is 8.78 Å². The van der Waals surface area contributed by atoms with Crippen LogP contribution in [0.15, 0.2) is 29.2 Å². The van der Waals surface area contributed by atoms with E-state index in [1.54, 1.807) is 6.07 Å². The van der Waals surface area contributed by atoms with Crippen LogP contribution < -0.4 is 4.72 Å². The predicted molar refractivity (Wildman–Crippen MR) is 70.3 cm³/mol. The molecule has 0 spiro atoms. The maximum atomic E-state index is 13.0. The molecule has 100 valence electrons. The molecule has 0 aliphatic rings. The summed E-state index contributed by atoms with van der Waals surface area (Å²) < 4.78 is 50.1. The van der Waals surface area contributed by atoms with Gasteiger partial charge in [-0.3, -0.25) is 4.79 Å². The van der Waals surface area contributed by atoms with Gasteiger partial charge in [-0.25, -0.2) is 13.1 Å². The predicted octanol–water partition coefficient (Wildman–Crippen LogP) is 1.87. The van der Waals surface area contributed by atoms with Gasteiger partial charge in [-0.2, -0.15) is 8.78 Å². The smallest absolute Gasteiger partial charge is 0.267 e. The number of halogens is 3. The number of carbonyl (C=O) groups is 1. The Hall–Kier alpha value is -0.770. The van der Waals surface area contributed by atoms with Crippen LogP contribution in [0.5, 0.6) is 0 Å². The Balaban J connectivity index is 3.05. The number of alkyl halides is 3. The van der Waals surface area contributed by atoms with Crippen LogP contribution in [-0.2, 0) is 14.8 Å². The Morgan fingerprint density at radius 1 is 1.39 bits per heavy atom. The van der Waals surface area contributed by atoms with Gasteiger partial charge in [0.15, 0.2) is 0 Å². The summed E-state index contributed by atoms with van der Waals surface area (Å²) in [6.07, 6.45) is 0. The minimum absolute atomic E-state index is 0.192. The van der Waals surface area contributed by atoms with E-state index in [-0.39, 0.29) is 4.90 Å². The van der Waals surface area contributed by atoms with E-state index in [0.717, 1.165) is 0 Å². The zero-order valence-corrected chi connectivity index (χ0v) is 12.3. The van der Waals surface area contributed by atoms with Crippen molar-refractivity contribution >= 4 is 38.5 Å². The second kappa shape index (κ2) is 5.47. The highest BCUT2D eigenvalue weighted by molar-refractivity contribution is 14.1. The van der Waals surface area contributed by atoms with Gasteiger partial charge in [-0.15, -0.1) is 0 Å². The number of sulfonamides is 1. The van der Waals surface area contributed by atoms with Crippen molar-refractivity contribution in [1.82, 2.24) is 4.72 Å². The van der Waals surface area contributed by atoms with E-state index in [9.17, 15) is 22.0 Å². The average molecular weight is 389 g/mol. The Morgan fingerprint density at radius 3 is 2.44 bits per heavy atom. The van der Waals surface area contributed by atoms with E-state index in [1.807, 2.05) is 0 Å². The molecule has 1 aromatic carbocycles. The molecule has 4 nitrogen and oxygen atoms in total. The third-order valence-corrected chi connectivity index (χ3v) is 4.56. The molecule has 8 heteroatoms. The Bertz CT molecular complexity index is 560. The van der Waals surface area contributed by atoms with Gasteiger partial charge in [0.2, 0.25) is 0 Å². The third-order valence-electron chi connectivity index (χ3n) is 2.11. The molecule has 0 unspecified atom stereocenters. The number of hydrogen-bond donors (Lipinski definition) is 1. The summed E-state index contributed by atoms with van der Waals surface area (Å²) in [5.74, 6) is -5.53. The van der Waals surface area contributed by atoms with Crippen molar-refractivity contribution in [1.29, 1.82) is 0 Å². The minimum atomic E-state index is -4.27. The molecule has 1 rings (SSSR count). The molecule has 0 saturated heterocycles. The molecule has 1 N–H and O–H groups in total. The molecule has 0 heterocycles. The summed E-state index contributed by atoms with van der Waals surface area (Å²) in [5, 5.41) is 0. The maximum Gasteiger partial charge on any atom is 0.334 e. The quantitative estimate of drug-likeness (QED) is 0.632. The van der Waals surface area contributed by atoms with Crippen LogP contribution in [0.25, 0.3) is 0 Å². The summed E-state index contributed by atoms with van der Waals surface area (Å²) in [4.78, 5) is 11.0. The number of nitrogens with one attached hydrogen (secondary N) is 1. The van der Waals surface area contributed by atoms with Crippen molar-refractivity contribution in [2.24, 2.45) is 0 Å². The van der Waals surface area contributed by atoms with Gasteiger partial charge in [-0.05, 0) is 18.6 Å². The molecule has 0 radical (unpaired) electrons. The lowest BCUT2D eigenvalue weighted by Gasteiger charge is -2.14. The molecular weight excluding hydrogens is 379 g/mol. The average Bonchev–Trinajstić information content (AvgIpc) is 2.28. The normalized spacial score (nSPS) is 12.2. The van der Waals surface area contributed by atoms with Crippen LogP contribution in [0.2, 0.25) is 0 Å². The zero-order valence-electron chi connectivity index (χ0n) is 9.28. The van der Waals surface area contributed by atoms with E-state index in [1.165, 1.54) is 52.4 Å². The van der Waals surface area contributed by atoms with Gasteiger partial charge in [0.1, 0.15) is 0 Å². The van der Waals surface area contributed by atoms with Gasteiger partial charge in [0, 0.05) is 0 Å². The van der Waals surface area contributed by atoms with Crippen molar-refractivity contribution in [3.05, 3.63) is 29.8 Å². The number of benzene rings is 1. The van der Waals surface area contributed by atoms with Gasteiger partial charge in [0.25, 0.3) is 10.0 Å². The molecular formula is C10H10F2INO3S. The highest BCUT2D eigenvalue weighted by Gasteiger charge is 2.40. The van der Waals surface area contributed by atoms with E-state index in [4.69, 9.17) is 0 Å². The molecule has 0 bridgehead atoms. The fourth-order valence-electron chi connectivity index (χ4n) is 1.17. The van der Waals surface area contributed by atoms with Crippen molar-refractivity contribution < 1.29 is 22.0 Å². The largest absolute Gasteiger partial charge is 0.334 e. The fraction of sp³-hybridized carbons (Fsp3) is 0.300. The molecule has 1 aromatic rings. The molecule has 0 saturated carbocycles. The fourth-order valence-corrected chi connectivity index (χ4v) is 2.77. The van der Waals surface area contributed by atoms with E-state index < -0.39 is 26.3 Å². The molecule has 0 aromatic heterocycles. The summed E-state index contributed by atoms with van der Waals surface area (Å²) in [5.41, 5.74) is 0.371. The first kappa shape index (κ1) is 15.3. The van der Waals surface area contributed by atoms with Crippen LogP contribution in [-0.4, -0.2) is 24.7 Å². The summed E-state index contributed by atoms with van der Waals surface area (Å²) in [6.45, 7) is 1.51. The lowest BCUT2D eigenvalue weighted by Crippen LogP contribution is -2.44. The highest BCUT2D eigenvalue weighted by Crippen LogP contribution is 2.19. The van der Waals surface area contributed by atoms with Crippen molar-refractivity contribution in [2.75, 3.05) is 4.43 Å². The number of amides is 1. The molecule has 0 aliphatic carbocycles. The summed E-state index contributed by atoms with van der Waals surface area (Å²) >= 11 is 1.31. The second-order valence-corrected chi connectivity index (χ2v) is 5.95. The topological polar surface area (TPSA) is 63.2 Å². The molecule has 0 fully saturated rings. The molecule has 18 heavy (non-hydrogen) atoms. The third kappa shape index (κ3) is 3.37. The first-order valence-electron chi connectivity index (χ1n) is 4.77. The number of rotatable bonds is 4. The van der Waals surface area contributed by atoms with E-state index >= 15 is 0 Å². The molecule has 1 amide bonds. The first-order valence-corrected chi connectivity index (χ1v) is 7.78. The lowest BCUT2D eigenvalue weighted by molar-refractivity contribution is -0.139. The van der Waals surface area contributed by atoms with Gasteiger partial charge >= 0.3 is 11.8 Å². The van der Waals surface area contributed by atoms with Crippen molar-refractivity contribution in [3.63, 3.8) is 0 Å². The standard InChI is InChI=1S/C10H10F2INO3S/c1-7-4-2-3-5-8(7)18(16,17)14-9(15)10(11,12)6-13/h2-5H,6H2,1H3,(H,14,15). The molecule has 0 aliphatic heterocycles. The Labute approximate surface area is 117 Å². The van der Waals surface area contributed by atoms with Crippen molar-refractivity contribution in [3.8, 4) is 0 Å². The van der Waals surface area contributed by atoms with Crippen LogP contribution in [0.1, 0.15) is 5.56 Å². The Kier molecular flexibility index (Phi) is 4.65.